The van der Waals surface area contributed by atoms with E-state index in [2.05, 4.69) is 20.8 Å². The van der Waals surface area contributed by atoms with Gasteiger partial charge in [-0.3, -0.25) is 0 Å². The van der Waals surface area contributed by atoms with Crippen LogP contribution in [0.2, 0.25) is 0 Å². The van der Waals surface area contributed by atoms with E-state index in [-0.39, 0.29) is 5.75 Å². The van der Waals surface area contributed by atoms with Crippen LogP contribution in [-0.4, -0.2) is 35.1 Å². The molecule has 1 N–H and O–H groups in total. The van der Waals surface area contributed by atoms with Crippen molar-refractivity contribution in [3.8, 4) is 0 Å². The predicted molar refractivity (Wildman–Crippen MR) is 71.6 cm³/mol. The molecular formula is C11H14BrNO3S. The summed E-state index contributed by atoms with van der Waals surface area (Å²) in [4.78, 5) is 2.19. The van der Waals surface area contributed by atoms with Gasteiger partial charge in [0, 0.05) is 23.2 Å². The molecule has 0 aliphatic carbocycles. The lowest BCUT2D eigenvalue weighted by Crippen LogP contribution is -2.36. The fourth-order valence-corrected chi connectivity index (χ4v) is 2.75. The Labute approximate surface area is 111 Å². The van der Waals surface area contributed by atoms with Crippen LogP contribution < -0.4 is 4.90 Å². The molecule has 4 nitrogen and oxygen atoms in total. The van der Waals surface area contributed by atoms with Crippen molar-refractivity contribution in [2.24, 2.45) is 0 Å². The number of rotatable bonds is 3. The van der Waals surface area contributed by atoms with Gasteiger partial charge in [-0.2, -0.15) is 0 Å². The second-order valence-electron chi connectivity index (χ2n) is 3.84. The van der Waals surface area contributed by atoms with Crippen LogP contribution >= 0.6 is 15.9 Å². The Kier molecular flexibility index (Phi) is 4.55. The molecule has 1 unspecified atom stereocenters. The van der Waals surface area contributed by atoms with Gasteiger partial charge in [-0.1, -0.05) is 22.0 Å². The molecule has 1 aromatic carbocycles. The van der Waals surface area contributed by atoms with Crippen LogP contribution in [0.5, 0.6) is 0 Å². The zero-order chi connectivity index (χ0) is 12.3. The number of hydrogen-bond donors (Lipinski definition) is 1. The van der Waals surface area contributed by atoms with E-state index in [9.17, 15) is 4.21 Å². The molecule has 0 radical (unpaired) electrons. The maximum atomic E-state index is 10.9. The fourth-order valence-electron chi connectivity index (χ4n) is 1.89. The Balaban J connectivity index is 2.28. The number of hydrogen-bond acceptors (Lipinski definition) is 3. The Morgan fingerprint density at radius 2 is 2.12 bits per heavy atom. The topological polar surface area (TPSA) is 49.8 Å². The lowest BCUT2D eigenvalue weighted by atomic mass is 10.1. The van der Waals surface area contributed by atoms with E-state index < -0.39 is 11.1 Å². The number of ether oxygens (including phenoxy) is 1. The Hall–Kier alpha value is -0.430. The maximum Gasteiger partial charge on any atom is 0.157 e. The van der Waals surface area contributed by atoms with Gasteiger partial charge in [0.1, 0.15) is 0 Å². The summed E-state index contributed by atoms with van der Waals surface area (Å²) in [5.41, 5.74) is 1.92. The van der Waals surface area contributed by atoms with Gasteiger partial charge >= 0.3 is 0 Å². The zero-order valence-corrected chi connectivity index (χ0v) is 11.7. The summed E-state index contributed by atoms with van der Waals surface area (Å²) in [6.07, 6.45) is 0. The lowest BCUT2D eigenvalue weighted by Gasteiger charge is -2.30. The van der Waals surface area contributed by atoms with Crippen LogP contribution in [0.1, 0.15) is 5.56 Å². The van der Waals surface area contributed by atoms with E-state index in [1.54, 1.807) is 0 Å². The second-order valence-corrected chi connectivity index (χ2v) is 5.69. The molecule has 1 saturated heterocycles. The summed E-state index contributed by atoms with van der Waals surface area (Å²) in [5, 5.41) is 0. The van der Waals surface area contributed by atoms with Crippen molar-refractivity contribution in [1.82, 2.24) is 0 Å². The minimum atomic E-state index is -1.81. The fraction of sp³-hybridized carbons (Fsp3) is 0.455. The molecule has 6 heteroatoms. The minimum Gasteiger partial charge on any atom is -0.378 e. The van der Waals surface area contributed by atoms with E-state index in [0.29, 0.717) is 13.2 Å². The first-order chi connectivity index (χ1) is 8.16. The van der Waals surface area contributed by atoms with Gasteiger partial charge in [0.05, 0.1) is 19.0 Å². The Bertz CT molecular complexity index is 421. The zero-order valence-electron chi connectivity index (χ0n) is 9.26. The summed E-state index contributed by atoms with van der Waals surface area (Å²) < 4.78 is 26.2. The molecule has 0 aromatic heterocycles. The first kappa shape index (κ1) is 13.0. The molecule has 1 fully saturated rings. The summed E-state index contributed by atoms with van der Waals surface area (Å²) in [6, 6.07) is 5.78. The smallest absolute Gasteiger partial charge is 0.157 e. The Morgan fingerprint density at radius 1 is 1.41 bits per heavy atom. The molecule has 17 heavy (non-hydrogen) atoms. The molecular weight excluding hydrogens is 306 g/mol. The third-order valence-corrected chi connectivity index (χ3v) is 3.73. The molecule has 0 bridgehead atoms. The van der Waals surface area contributed by atoms with E-state index in [0.717, 1.165) is 28.8 Å². The van der Waals surface area contributed by atoms with Crippen LogP contribution in [0.25, 0.3) is 0 Å². The third-order valence-electron chi connectivity index (χ3n) is 2.68. The van der Waals surface area contributed by atoms with Crippen LogP contribution in [-0.2, 0) is 21.6 Å². The molecule has 1 aromatic rings. The largest absolute Gasteiger partial charge is 0.378 e. The van der Waals surface area contributed by atoms with Crippen molar-refractivity contribution in [3.05, 3.63) is 28.2 Å². The van der Waals surface area contributed by atoms with Gasteiger partial charge in [0.15, 0.2) is 11.1 Å². The van der Waals surface area contributed by atoms with Crippen molar-refractivity contribution in [3.63, 3.8) is 0 Å². The quantitative estimate of drug-likeness (QED) is 0.866. The highest BCUT2D eigenvalue weighted by molar-refractivity contribution is 9.10. The number of benzene rings is 1. The van der Waals surface area contributed by atoms with Crippen molar-refractivity contribution >= 4 is 32.7 Å². The maximum absolute atomic E-state index is 10.9. The van der Waals surface area contributed by atoms with Crippen LogP contribution in [0.3, 0.4) is 0 Å². The molecule has 1 atom stereocenters. The van der Waals surface area contributed by atoms with Crippen molar-refractivity contribution < 1.29 is 13.5 Å². The Morgan fingerprint density at radius 3 is 2.76 bits per heavy atom. The van der Waals surface area contributed by atoms with Crippen LogP contribution in [0.4, 0.5) is 5.69 Å². The number of anilines is 1. The van der Waals surface area contributed by atoms with Crippen molar-refractivity contribution in [2.45, 2.75) is 5.75 Å². The highest BCUT2D eigenvalue weighted by Gasteiger charge is 2.16. The van der Waals surface area contributed by atoms with Crippen LogP contribution in [0.15, 0.2) is 22.7 Å². The van der Waals surface area contributed by atoms with Gasteiger partial charge in [-0.25, -0.2) is 4.21 Å². The molecule has 0 spiro atoms. The number of morpholine rings is 1. The molecule has 0 amide bonds. The predicted octanol–water partition coefficient (Wildman–Crippen LogP) is 2.01. The standard InChI is InChI=1S/C11H14BrNO3S/c12-10-2-1-9(8-17(14)15)11(7-10)13-3-5-16-6-4-13/h1-2,7H,3-6,8H2,(H,14,15). The second kappa shape index (κ2) is 5.95. The highest BCUT2D eigenvalue weighted by atomic mass is 79.9. The first-order valence-corrected chi connectivity index (χ1v) is 7.42. The van der Waals surface area contributed by atoms with Gasteiger partial charge in [0.25, 0.3) is 0 Å². The molecule has 94 valence electrons. The summed E-state index contributed by atoms with van der Waals surface area (Å²) in [6.45, 7) is 3.05. The summed E-state index contributed by atoms with van der Waals surface area (Å²) >= 11 is 1.62. The van der Waals surface area contributed by atoms with Gasteiger partial charge < -0.3 is 14.2 Å². The number of nitrogens with zero attached hydrogens (tertiary/aromatic N) is 1. The molecule has 0 saturated carbocycles. The van der Waals surface area contributed by atoms with E-state index in [4.69, 9.17) is 9.29 Å². The van der Waals surface area contributed by atoms with Crippen LogP contribution in [0, 0.1) is 0 Å². The van der Waals surface area contributed by atoms with Gasteiger partial charge in [-0.15, -0.1) is 0 Å². The average Bonchev–Trinajstić information content (AvgIpc) is 2.32. The molecule has 1 aliphatic heterocycles. The molecule has 1 aliphatic rings. The number of halogens is 1. The highest BCUT2D eigenvalue weighted by Crippen LogP contribution is 2.26. The van der Waals surface area contributed by atoms with Gasteiger partial charge in [0.2, 0.25) is 0 Å². The monoisotopic (exact) mass is 319 g/mol. The third kappa shape index (κ3) is 3.51. The van der Waals surface area contributed by atoms with Crippen molar-refractivity contribution in [1.29, 1.82) is 0 Å². The molecule has 1 heterocycles. The lowest BCUT2D eigenvalue weighted by molar-refractivity contribution is 0.122. The first-order valence-electron chi connectivity index (χ1n) is 5.35. The minimum absolute atomic E-state index is 0.167. The molecule has 2 rings (SSSR count). The SMILES string of the molecule is O=S(O)Cc1ccc(Br)cc1N1CCOCC1. The average molecular weight is 320 g/mol. The van der Waals surface area contributed by atoms with Gasteiger partial charge in [-0.05, 0) is 17.7 Å². The summed E-state index contributed by atoms with van der Waals surface area (Å²) in [7, 11) is 0. The normalized spacial score (nSPS) is 18.1. The van der Waals surface area contributed by atoms with E-state index in [1.807, 2.05) is 18.2 Å². The van der Waals surface area contributed by atoms with Crippen molar-refractivity contribution in [2.75, 3.05) is 31.2 Å². The van der Waals surface area contributed by atoms with E-state index >= 15 is 0 Å². The summed E-state index contributed by atoms with van der Waals surface area (Å²) in [5.74, 6) is 0.167. The van der Waals surface area contributed by atoms with E-state index in [1.165, 1.54) is 0 Å².